The second-order valence-electron chi connectivity index (χ2n) is 6.86. The maximum atomic E-state index is 12.7. The molecule has 3 heterocycles. The third-order valence-corrected chi connectivity index (χ3v) is 5.22. The van der Waals surface area contributed by atoms with Crippen LogP contribution in [0.1, 0.15) is 26.2 Å². The molecule has 0 saturated carbocycles. The number of carbonyl (C=O) groups is 1. The maximum absolute atomic E-state index is 12.7. The first kappa shape index (κ1) is 15.3. The minimum atomic E-state index is 0.190. The zero-order valence-corrected chi connectivity index (χ0v) is 13.2. The van der Waals surface area contributed by atoms with Crippen LogP contribution in [0.4, 0.5) is 0 Å². The van der Waals surface area contributed by atoms with Gasteiger partial charge in [-0.2, -0.15) is 0 Å². The summed E-state index contributed by atoms with van der Waals surface area (Å²) in [4.78, 5) is 17.2. The molecule has 3 rings (SSSR count). The molecule has 1 unspecified atom stereocenters. The largest absolute Gasteiger partial charge is 0.377 e. The molecule has 3 aliphatic rings. The van der Waals surface area contributed by atoms with Gasteiger partial charge < -0.3 is 15.0 Å². The van der Waals surface area contributed by atoms with E-state index in [9.17, 15) is 4.79 Å². The quantitative estimate of drug-likeness (QED) is 0.826. The molecular weight excluding hydrogens is 266 g/mol. The van der Waals surface area contributed by atoms with Crippen LogP contribution in [0.5, 0.6) is 0 Å². The average molecular weight is 295 g/mol. The van der Waals surface area contributed by atoms with E-state index >= 15 is 0 Å². The van der Waals surface area contributed by atoms with Crippen LogP contribution in [0.3, 0.4) is 0 Å². The minimum Gasteiger partial charge on any atom is -0.377 e. The van der Waals surface area contributed by atoms with Gasteiger partial charge >= 0.3 is 0 Å². The van der Waals surface area contributed by atoms with Gasteiger partial charge in [-0.1, -0.05) is 6.92 Å². The molecule has 0 radical (unpaired) electrons. The molecule has 21 heavy (non-hydrogen) atoms. The lowest BCUT2D eigenvalue weighted by Gasteiger charge is -2.26. The smallest absolute Gasteiger partial charge is 0.227 e. The fourth-order valence-corrected chi connectivity index (χ4v) is 3.83. The van der Waals surface area contributed by atoms with Crippen LogP contribution in [0.25, 0.3) is 0 Å². The van der Waals surface area contributed by atoms with Gasteiger partial charge in [0.05, 0.1) is 12.0 Å². The van der Waals surface area contributed by atoms with Crippen LogP contribution in [-0.4, -0.2) is 74.2 Å². The van der Waals surface area contributed by atoms with E-state index in [4.69, 9.17) is 4.74 Å². The molecule has 1 N–H and O–H groups in total. The number of carbonyl (C=O) groups excluding carboxylic acids is 1. The van der Waals surface area contributed by atoms with Crippen molar-refractivity contribution in [2.75, 3.05) is 52.4 Å². The lowest BCUT2D eigenvalue weighted by Crippen LogP contribution is -2.41. The Morgan fingerprint density at radius 2 is 2.10 bits per heavy atom. The first-order chi connectivity index (χ1) is 10.2. The predicted molar refractivity (Wildman–Crippen MR) is 82.1 cm³/mol. The summed E-state index contributed by atoms with van der Waals surface area (Å²) in [5.41, 5.74) is 0. The Morgan fingerprint density at radius 1 is 1.19 bits per heavy atom. The maximum Gasteiger partial charge on any atom is 0.227 e. The van der Waals surface area contributed by atoms with Gasteiger partial charge in [0.1, 0.15) is 0 Å². The Hall–Kier alpha value is -0.650. The summed E-state index contributed by atoms with van der Waals surface area (Å²) >= 11 is 0. The van der Waals surface area contributed by atoms with E-state index < -0.39 is 0 Å². The molecule has 5 heteroatoms. The van der Waals surface area contributed by atoms with E-state index in [1.807, 2.05) is 0 Å². The number of ether oxygens (including phenoxy) is 1. The molecule has 3 atom stereocenters. The number of hydrogen-bond donors (Lipinski definition) is 1. The van der Waals surface area contributed by atoms with Crippen molar-refractivity contribution in [2.24, 2.45) is 11.8 Å². The van der Waals surface area contributed by atoms with Gasteiger partial charge in [0.25, 0.3) is 0 Å². The van der Waals surface area contributed by atoms with Crippen LogP contribution in [0, 0.1) is 11.8 Å². The summed E-state index contributed by atoms with van der Waals surface area (Å²) in [5.74, 6) is 1.03. The van der Waals surface area contributed by atoms with E-state index in [-0.39, 0.29) is 5.92 Å². The van der Waals surface area contributed by atoms with Crippen molar-refractivity contribution in [1.29, 1.82) is 0 Å². The number of amides is 1. The van der Waals surface area contributed by atoms with Crippen molar-refractivity contribution in [2.45, 2.75) is 32.3 Å². The molecule has 3 aliphatic heterocycles. The third kappa shape index (κ3) is 3.76. The van der Waals surface area contributed by atoms with Crippen molar-refractivity contribution in [3.8, 4) is 0 Å². The molecule has 0 aromatic heterocycles. The Labute approximate surface area is 128 Å². The van der Waals surface area contributed by atoms with Crippen LogP contribution in [0.15, 0.2) is 0 Å². The number of rotatable bonds is 3. The van der Waals surface area contributed by atoms with Crippen molar-refractivity contribution >= 4 is 5.91 Å². The lowest BCUT2D eigenvalue weighted by molar-refractivity contribution is -0.135. The third-order valence-electron chi connectivity index (χ3n) is 5.22. The Morgan fingerprint density at radius 3 is 2.81 bits per heavy atom. The van der Waals surface area contributed by atoms with Crippen LogP contribution >= 0.6 is 0 Å². The van der Waals surface area contributed by atoms with E-state index in [1.165, 1.54) is 12.8 Å². The zero-order chi connectivity index (χ0) is 14.7. The zero-order valence-electron chi connectivity index (χ0n) is 13.2. The first-order valence-corrected chi connectivity index (χ1v) is 8.57. The topological polar surface area (TPSA) is 44.8 Å². The second kappa shape index (κ2) is 7.07. The molecule has 0 aromatic carbocycles. The monoisotopic (exact) mass is 295 g/mol. The highest BCUT2D eigenvalue weighted by molar-refractivity contribution is 5.79. The van der Waals surface area contributed by atoms with Crippen LogP contribution in [-0.2, 0) is 9.53 Å². The van der Waals surface area contributed by atoms with Gasteiger partial charge in [0.15, 0.2) is 0 Å². The fraction of sp³-hybridized carbons (Fsp3) is 0.938. The van der Waals surface area contributed by atoms with Gasteiger partial charge in [-0.05, 0) is 38.3 Å². The standard InChI is InChI=1S/C16H29N3O2/c1-13-10-17-11-15(13)16(20)19-6-3-5-18(7-8-19)12-14-4-2-9-21-14/h13-15,17H,2-12H2,1H3/t13-,14?,15-/m1/s1. The van der Waals surface area contributed by atoms with Crippen molar-refractivity contribution in [1.82, 2.24) is 15.1 Å². The average Bonchev–Trinajstić information content (AvgIpc) is 3.07. The number of hydrogen-bond acceptors (Lipinski definition) is 4. The Balaban J connectivity index is 1.49. The molecule has 0 bridgehead atoms. The second-order valence-corrected chi connectivity index (χ2v) is 6.86. The van der Waals surface area contributed by atoms with Crippen molar-refractivity contribution < 1.29 is 9.53 Å². The van der Waals surface area contributed by atoms with Gasteiger partial charge in [0.2, 0.25) is 5.91 Å². The highest BCUT2D eigenvalue weighted by Gasteiger charge is 2.33. The van der Waals surface area contributed by atoms with Crippen molar-refractivity contribution in [3.63, 3.8) is 0 Å². The van der Waals surface area contributed by atoms with Gasteiger partial charge in [-0.15, -0.1) is 0 Å². The number of nitrogens with one attached hydrogen (secondary N) is 1. The Bertz CT molecular complexity index is 357. The summed E-state index contributed by atoms with van der Waals surface area (Å²) in [5, 5.41) is 3.34. The highest BCUT2D eigenvalue weighted by atomic mass is 16.5. The van der Waals surface area contributed by atoms with Crippen LogP contribution < -0.4 is 5.32 Å². The van der Waals surface area contributed by atoms with Gasteiger partial charge in [-0.3, -0.25) is 9.69 Å². The molecular formula is C16H29N3O2. The van der Waals surface area contributed by atoms with E-state index in [1.54, 1.807) is 0 Å². The van der Waals surface area contributed by atoms with E-state index in [0.717, 1.165) is 58.8 Å². The fourth-order valence-electron chi connectivity index (χ4n) is 3.83. The lowest BCUT2D eigenvalue weighted by atomic mass is 9.96. The van der Waals surface area contributed by atoms with Gasteiger partial charge in [-0.25, -0.2) is 0 Å². The molecule has 0 spiro atoms. The predicted octanol–water partition coefficient (Wildman–Crippen LogP) is 0.555. The minimum absolute atomic E-state index is 0.190. The summed E-state index contributed by atoms with van der Waals surface area (Å²) < 4.78 is 5.74. The molecule has 5 nitrogen and oxygen atoms in total. The number of nitrogens with zero attached hydrogens (tertiary/aromatic N) is 2. The summed E-state index contributed by atoms with van der Waals surface area (Å²) in [6.45, 7) is 9.90. The molecule has 3 fully saturated rings. The van der Waals surface area contributed by atoms with E-state index in [2.05, 4.69) is 22.0 Å². The SMILES string of the molecule is C[C@@H]1CNC[C@H]1C(=O)N1CCCN(CC2CCCO2)CC1. The highest BCUT2D eigenvalue weighted by Crippen LogP contribution is 2.20. The van der Waals surface area contributed by atoms with Crippen LogP contribution in [0.2, 0.25) is 0 Å². The summed E-state index contributed by atoms with van der Waals surface area (Å²) in [6.07, 6.45) is 3.92. The molecule has 0 aliphatic carbocycles. The summed E-state index contributed by atoms with van der Waals surface area (Å²) in [7, 11) is 0. The molecule has 1 amide bonds. The normalized spacial score (nSPS) is 35.1. The molecule has 0 aromatic rings. The van der Waals surface area contributed by atoms with E-state index in [0.29, 0.717) is 17.9 Å². The Kier molecular flexibility index (Phi) is 5.14. The van der Waals surface area contributed by atoms with Crippen molar-refractivity contribution in [3.05, 3.63) is 0 Å². The molecule has 3 saturated heterocycles. The summed E-state index contributed by atoms with van der Waals surface area (Å²) in [6, 6.07) is 0. The molecule has 120 valence electrons. The van der Waals surface area contributed by atoms with Gasteiger partial charge in [0, 0.05) is 39.3 Å². The first-order valence-electron chi connectivity index (χ1n) is 8.57.